The maximum absolute atomic E-state index is 2.52. The minimum atomic E-state index is -2.30. The molecule has 0 radical (unpaired) electrons. The first-order chi connectivity index (χ1) is 15.9. The van der Waals surface area contributed by atoms with Crippen molar-refractivity contribution in [2.45, 2.75) is 61.4 Å². The normalized spacial score (nSPS) is 18.9. The van der Waals surface area contributed by atoms with Gasteiger partial charge in [0.1, 0.15) is 0 Å². The zero-order valence-electron chi connectivity index (χ0n) is 19.7. The van der Waals surface area contributed by atoms with Gasteiger partial charge in [-0.3, -0.25) is 0 Å². The van der Waals surface area contributed by atoms with Crippen molar-refractivity contribution in [3.05, 3.63) is 116 Å². The molecule has 34 heavy (non-hydrogen) atoms. The molecule has 0 N–H and O–H groups in total. The summed E-state index contributed by atoms with van der Waals surface area (Å²) < 4.78 is 4.30. The molecule has 0 spiro atoms. The number of hydrogen-bond acceptors (Lipinski definition) is 0. The van der Waals surface area contributed by atoms with Crippen LogP contribution in [0.2, 0.25) is 3.63 Å². The second-order valence-electron chi connectivity index (χ2n) is 9.70. The van der Waals surface area contributed by atoms with Crippen molar-refractivity contribution in [3.63, 3.8) is 0 Å². The standard InChI is InChI=1S/C13H17.C13H10.C5H5.2ClH.Zr/c1-3-7-12-10(5-1)9-11-6-2-4-8-13(11)12;1-3-7-12(8-4-1)11-13-9-5-2-6-10-13;1-2-4-5-3-1;;;/h9H,1-8H2;1-10H;1-3H,4H2;2*1H;/q;;;;;+2/p-2. The predicted molar refractivity (Wildman–Crippen MR) is 133 cm³/mol. The van der Waals surface area contributed by atoms with Crippen LogP contribution in [0.15, 0.2) is 104 Å². The maximum Gasteiger partial charge on any atom is -1.00 e. The van der Waals surface area contributed by atoms with Gasteiger partial charge in [0.2, 0.25) is 0 Å². The monoisotopic (exact) mass is 564 g/mol. The molecule has 0 fully saturated rings. The van der Waals surface area contributed by atoms with Crippen LogP contribution >= 0.6 is 0 Å². The summed E-state index contributed by atoms with van der Waals surface area (Å²) in [5, 5.41) is 0. The number of hydrogen-bond donors (Lipinski definition) is 0. The van der Waals surface area contributed by atoms with Gasteiger partial charge in [-0.25, -0.2) is 0 Å². The van der Waals surface area contributed by atoms with E-state index in [0.717, 1.165) is 3.63 Å². The number of allylic oxidation sites excluding steroid dienone is 8. The molecular weight excluding hydrogens is 534 g/mol. The largest absolute Gasteiger partial charge is 1.00 e. The van der Waals surface area contributed by atoms with Crippen molar-refractivity contribution >= 4 is 3.21 Å². The summed E-state index contributed by atoms with van der Waals surface area (Å²) in [7, 11) is 0. The first-order valence-electron chi connectivity index (χ1n) is 12.6. The molecule has 6 rings (SSSR count). The van der Waals surface area contributed by atoms with Gasteiger partial charge in [0, 0.05) is 0 Å². The molecule has 2 aromatic rings. The van der Waals surface area contributed by atoms with Crippen molar-refractivity contribution in [3.8, 4) is 0 Å². The average Bonchev–Trinajstić information content (AvgIpc) is 3.51. The Morgan fingerprint density at radius 2 is 1.15 bits per heavy atom. The summed E-state index contributed by atoms with van der Waals surface area (Å²) >= 11 is -2.30. The van der Waals surface area contributed by atoms with Crippen LogP contribution in [0.1, 0.15) is 68.9 Å². The molecule has 0 heterocycles. The molecular formula is C31H32Cl2Zr. The Kier molecular flexibility index (Phi) is 8.84. The third kappa shape index (κ3) is 4.74. The fourth-order valence-electron chi connectivity index (χ4n) is 6.57. The van der Waals surface area contributed by atoms with Gasteiger partial charge < -0.3 is 24.8 Å². The van der Waals surface area contributed by atoms with Crippen molar-refractivity contribution in [1.29, 1.82) is 0 Å². The van der Waals surface area contributed by atoms with E-state index in [0.29, 0.717) is 0 Å². The molecule has 0 saturated carbocycles. The fourth-order valence-corrected chi connectivity index (χ4v) is 16.1. The Bertz CT molecular complexity index is 1110. The van der Waals surface area contributed by atoms with Gasteiger partial charge in [0.25, 0.3) is 0 Å². The Balaban J connectivity index is 0.00000137. The number of benzene rings is 2. The Labute approximate surface area is 224 Å². The van der Waals surface area contributed by atoms with Crippen LogP contribution in [0.5, 0.6) is 0 Å². The van der Waals surface area contributed by atoms with Crippen molar-refractivity contribution in [1.82, 2.24) is 0 Å². The molecule has 174 valence electrons. The zero-order valence-corrected chi connectivity index (χ0v) is 23.7. The third-order valence-electron chi connectivity index (χ3n) is 7.88. The summed E-state index contributed by atoms with van der Waals surface area (Å²) in [5.41, 5.74) is 10.4. The van der Waals surface area contributed by atoms with E-state index in [1.165, 1.54) is 68.9 Å². The van der Waals surface area contributed by atoms with E-state index in [4.69, 9.17) is 0 Å². The van der Waals surface area contributed by atoms with Crippen molar-refractivity contribution in [2.24, 2.45) is 0 Å². The zero-order chi connectivity index (χ0) is 21.3. The van der Waals surface area contributed by atoms with Gasteiger partial charge in [0.05, 0.1) is 0 Å². The molecule has 4 aliphatic rings. The molecule has 0 bridgehead atoms. The van der Waals surface area contributed by atoms with Crippen molar-refractivity contribution in [2.75, 3.05) is 0 Å². The second-order valence-corrected chi connectivity index (χ2v) is 16.0. The molecule has 2 aromatic carbocycles. The molecule has 0 saturated heterocycles. The van der Waals surface area contributed by atoms with E-state index in [9.17, 15) is 0 Å². The molecule has 3 heteroatoms. The SMILES string of the molecule is C1=CC[C]([Zr+2](=[C](c2ccccc2)c2ccccc2)[CH]2C3=C(CCCC3)C3=C2CCCC3)=C1.[Cl-].[Cl-]. The molecule has 0 amide bonds. The van der Waals surface area contributed by atoms with Crippen LogP contribution in [0.25, 0.3) is 0 Å². The minimum Gasteiger partial charge on any atom is -1.00 e. The number of rotatable bonds is 4. The summed E-state index contributed by atoms with van der Waals surface area (Å²) in [4.78, 5) is 0. The van der Waals surface area contributed by atoms with E-state index in [-0.39, 0.29) is 24.8 Å². The van der Waals surface area contributed by atoms with Gasteiger partial charge in [-0.1, -0.05) is 0 Å². The average molecular weight is 567 g/mol. The first-order valence-corrected chi connectivity index (χ1v) is 16.4. The van der Waals surface area contributed by atoms with Crippen LogP contribution in [0, 0.1) is 0 Å². The molecule has 0 unspecified atom stereocenters. The van der Waals surface area contributed by atoms with Crippen LogP contribution < -0.4 is 24.8 Å². The van der Waals surface area contributed by atoms with Crippen LogP contribution in [0.4, 0.5) is 0 Å². The number of halogens is 2. The van der Waals surface area contributed by atoms with Gasteiger partial charge in [-0.05, 0) is 0 Å². The quantitative estimate of drug-likeness (QED) is 0.533. The Morgan fingerprint density at radius 1 is 0.647 bits per heavy atom. The Hall–Kier alpha value is -1.27. The van der Waals surface area contributed by atoms with E-state index < -0.39 is 21.3 Å². The van der Waals surface area contributed by atoms with Gasteiger partial charge in [-0.2, -0.15) is 0 Å². The molecule has 0 atom stereocenters. The van der Waals surface area contributed by atoms with Crippen molar-refractivity contribution < 1.29 is 46.1 Å². The van der Waals surface area contributed by atoms with E-state index in [1.807, 2.05) is 22.3 Å². The smallest absolute Gasteiger partial charge is 1.00 e. The molecule has 0 nitrogen and oxygen atoms in total. The summed E-state index contributed by atoms with van der Waals surface area (Å²) in [5.74, 6) is 0. The summed E-state index contributed by atoms with van der Waals surface area (Å²) in [6.07, 6.45) is 19.5. The summed E-state index contributed by atoms with van der Waals surface area (Å²) in [6, 6.07) is 22.8. The van der Waals surface area contributed by atoms with Crippen LogP contribution in [-0.2, 0) is 21.3 Å². The maximum atomic E-state index is 2.52. The van der Waals surface area contributed by atoms with Crippen LogP contribution in [-0.4, -0.2) is 3.21 Å². The molecule has 4 aliphatic carbocycles. The first kappa shape index (κ1) is 25.8. The molecule has 0 aliphatic heterocycles. The third-order valence-corrected chi connectivity index (χ3v) is 16.4. The number of fused-ring (bicyclic) bond motifs is 1. The summed E-state index contributed by atoms with van der Waals surface area (Å²) in [6.45, 7) is 0. The molecule has 0 aromatic heterocycles. The Morgan fingerprint density at radius 3 is 1.62 bits per heavy atom. The fraction of sp³-hybridized carbons (Fsp3) is 0.323. The van der Waals surface area contributed by atoms with E-state index in [2.05, 4.69) is 78.9 Å². The van der Waals surface area contributed by atoms with E-state index >= 15 is 0 Å². The van der Waals surface area contributed by atoms with Crippen LogP contribution in [0.3, 0.4) is 0 Å². The topological polar surface area (TPSA) is 0 Å². The second kappa shape index (κ2) is 11.6. The van der Waals surface area contributed by atoms with Gasteiger partial charge in [-0.15, -0.1) is 0 Å². The predicted octanol–water partition coefficient (Wildman–Crippen LogP) is 2.27. The van der Waals surface area contributed by atoms with E-state index in [1.54, 1.807) is 6.49 Å². The van der Waals surface area contributed by atoms with Gasteiger partial charge in [0.15, 0.2) is 0 Å². The van der Waals surface area contributed by atoms with Gasteiger partial charge >= 0.3 is 201 Å². The minimum absolute atomic E-state index is 0.